The first-order valence-electron chi connectivity index (χ1n) is 5.97. The Bertz CT molecular complexity index is 399. The standard InChI is InChI=1S/C12H19N3S/c1-11(2)5-12(7-16-6-11)10-9(3-4-15-12)13-8-14-10/h8,15H,3-7H2,1-2H3,(H,13,14). The molecule has 1 fully saturated rings. The summed E-state index contributed by atoms with van der Waals surface area (Å²) >= 11 is 2.06. The molecule has 4 heteroatoms. The van der Waals surface area contributed by atoms with Crippen molar-refractivity contribution < 1.29 is 0 Å². The van der Waals surface area contributed by atoms with E-state index in [0.717, 1.165) is 18.7 Å². The summed E-state index contributed by atoms with van der Waals surface area (Å²) in [6.07, 6.45) is 4.14. The fourth-order valence-corrected chi connectivity index (χ4v) is 4.57. The molecule has 0 aliphatic carbocycles. The minimum atomic E-state index is 0.125. The average molecular weight is 237 g/mol. The van der Waals surface area contributed by atoms with Gasteiger partial charge in [0.25, 0.3) is 0 Å². The quantitative estimate of drug-likeness (QED) is 0.724. The number of aromatic amines is 1. The fraction of sp³-hybridized carbons (Fsp3) is 0.750. The first-order chi connectivity index (χ1) is 7.61. The molecule has 0 bridgehead atoms. The van der Waals surface area contributed by atoms with Crippen LogP contribution in [-0.4, -0.2) is 28.0 Å². The second kappa shape index (κ2) is 3.50. The van der Waals surface area contributed by atoms with Gasteiger partial charge in [0, 0.05) is 24.4 Å². The monoisotopic (exact) mass is 237 g/mol. The molecule has 1 spiro atoms. The highest BCUT2D eigenvalue weighted by Crippen LogP contribution is 2.45. The molecule has 0 saturated carbocycles. The van der Waals surface area contributed by atoms with Crippen LogP contribution in [0.4, 0.5) is 0 Å². The van der Waals surface area contributed by atoms with Crippen LogP contribution in [0.25, 0.3) is 0 Å². The Morgan fingerprint density at radius 2 is 2.25 bits per heavy atom. The minimum absolute atomic E-state index is 0.125. The van der Waals surface area contributed by atoms with Crippen LogP contribution in [0.1, 0.15) is 31.7 Å². The number of aromatic nitrogens is 2. The van der Waals surface area contributed by atoms with Gasteiger partial charge in [0.05, 0.1) is 17.6 Å². The molecule has 0 radical (unpaired) electrons. The van der Waals surface area contributed by atoms with E-state index in [9.17, 15) is 0 Å². The van der Waals surface area contributed by atoms with Gasteiger partial charge < -0.3 is 10.3 Å². The Hall–Kier alpha value is -0.480. The maximum absolute atomic E-state index is 4.57. The van der Waals surface area contributed by atoms with Crippen molar-refractivity contribution in [1.82, 2.24) is 15.3 Å². The summed E-state index contributed by atoms with van der Waals surface area (Å²) in [6, 6.07) is 0. The van der Waals surface area contributed by atoms with E-state index in [-0.39, 0.29) is 5.54 Å². The second-order valence-corrected chi connectivity index (χ2v) is 6.81. The summed E-state index contributed by atoms with van der Waals surface area (Å²) in [6.45, 7) is 5.80. The molecular weight excluding hydrogens is 218 g/mol. The van der Waals surface area contributed by atoms with Gasteiger partial charge in [-0.15, -0.1) is 0 Å². The van der Waals surface area contributed by atoms with E-state index in [1.54, 1.807) is 0 Å². The molecule has 1 aromatic heterocycles. The number of nitrogens with zero attached hydrogens (tertiary/aromatic N) is 1. The number of thioether (sulfide) groups is 1. The van der Waals surface area contributed by atoms with Crippen LogP contribution in [0.15, 0.2) is 6.33 Å². The van der Waals surface area contributed by atoms with Crippen molar-refractivity contribution in [3.8, 4) is 0 Å². The van der Waals surface area contributed by atoms with Gasteiger partial charge in [0.15, 0.2) is 0 Å². The van der Waals surface area contributed by atoms with Gasteiger partial charge in [-0.1, -0.05) is 13.8 Å². The number of imidazole rings is 1. The van der Waals surface area contributed by atoms with E-state index >= 15 is 0 Å². The number of rotatable bonds is 0. The van der Waals surface area contributed by atoms with E-state index in [1.807, 2.05) is 6.33 Å². The SMILES string of the molecule is CC1(C)CSCC2(C1)NCCc1[nH]cnc12. The van der Waals surface area contributed by atoms with Gasteiger partial charge >= 0.3 is 0 Å². The Kier molecular flexibility index (Phi) is 2.33. The summed E-state index contributed by atoms with van der Waals surface area (Å²) in [5, 5.41) is 3.73. The van der Waals surface area contributed by atoms with E-state index in [2.05, 4.69) is 40.9 Å². The van der Waals surface area contributed by atoms with E-state index in [4.69, 9.17) is 0 Å². The van der Waals surface area contributed by atoms with Gasteiger partial charge in [-0.05, 0) is 17.6 Å². The molecule has 0 amide bonds. The Morgan fingerprint density at radius 3 is 3.06 bits per heavy atom. The molecule has 1 aromatic rings. The van der Waals surface area contributed by atoms with E-state index in [1.165, 1.54) is 23.6 Å². The Morgan fingerprint density at radius 1 is 1.38 bits per heavy atom. The van der Waals surface area contributed by atoms with Crippen molar-refractivity contribution in [1.29, 1.82) is 0 Å². The number of nitrogens with one attached hydrogen (secondary N) is 2. The zero-order valence-electron chi connectivity index (χ0n) is 9.97. The van der Waals surface area contributed by atoms with Crippen molar-refractivity contribution in [2.24, 2.45) is 5.41 Å². The van der Waals surface area contributed by atoms with E-state index in [0.29, 0.717) is 5.41 Å². The summed E-state index contributed by atoms with van der Waals surface area (Å²) < 4.78 is 0. The molecule has 2 aliphatic rings. The highest BCUT2D eigenvalue weighted by atomic mass is 32.2. The molecule has 3 rings (SSSR count). The molecule has 0 aromatic carbocycles. The Labute approximate surface area is 101 Å². The van der Waals surface area contributed by atoms with Crippen molar-refractivity contribution >= 4 is 11.8 Å². The second-order valence-electron chi connectivity index (χ2n) is 5.82. The van der Waals surface area contributed by atoms with Gasteiger partial charge in [0.1, 0.15) is 0 Å². The minimum Gasteiger partial charge on any atom is -0.348 e. The van der Waals surface area contributed by atoms with Crippen LogP contribution < -0.4 is 5.32 Å². The smallest absolute Gasteiger partial charge is 0.0926 e. The maximum Gasteiger partial charge on any atom is 0.0926 e. The lowest BCUT2D eigenvalue weighted by Gasteiger charge is -2.46. The predicted octanol–water partition coefficient (Wildman–Crippen LogP) is 1.91. The number of hydrogen-bond acceptors (Lipinski definition) is 3. The van der Waals surface area contributed by atoms with Crippen LogP contribution in [0, 0.1) is 5.41 Å². The molecule has 2 N–H and O–H groups in total. The lowest BCUT2D eigenvalue weighted by atomic mass is 9.76. The molecule has 1 saturated heterocycles. The maximum atomic E-state index is 4.57. The number of hydrogen-bond donors (Lipinski definition) is 2. The lowest BCUT2D eigenvalue weighted by Crippen LogP contribution is -2.54. The average Bonchev–Trinajstić information content (AvgIpc) is 2.65. The van der Waals surface area contributed by atoms with Gasteiger partial charge in [0.2, 0.25) is 0 Å². The predicted molar refractivity (Wildman–Crippen MR) is 67.7 cm³/mol. The molecule has 88 valence electrons. The third-order valence-electron chi connectivity index (χ3n) is 3.63. The summed E-state index contributed by atoms with van der Waals surface area (Å²) in [5.74, 6) is 2.42. The first kappa shape index (κ1) is 10.7. The molecule has 16 heavy (non-hydrogen) atoms. The van der Waals surface area contributed by atoms with Crippen LogP contribution in [0.3, 0.4) is 0 Å². The molecule has 1 atom stereocenters. The third kappa shape index (κ3) is 1.59. The zero-order valence-corrected chi connectivity index (χ0v) is 10.8. The van der Waals surface area contributed by atoms with Gasteiger partial charge in [-0.2, -0.15) is 11.8 Å². The van der Waals surface area contributed by atoms with Crippen molar-refractivity contribution in [2.75, 3.05) is 18.1 Å². The first-order valence-corrected chi connectivity index (χ1v) is 7.12. The van der Waals surface area contributed by atoms with Gasteiger partial charge in [-0.3, -0.25) is 0 Å². The van der Waals surface area contributed by atoms with Crippen molar-refractivity contribution in [3.05, 3.63) is 17.7 Å². The summed E-state index contributed by atoms with van der Waals surface area (Å²) in [7, 11) is 0. The molecule has 3 heterocycles. The lowest BCUT2D eigenvalue weighted by molar-refractivity contribution is 0.211. The molecule has 2 aliphatic heterocycles. The molecule has 1 unspecified atom stereocenters. The molecular formula is C12H19N3S. The largest absolute Gasteiger partial charge is 0.348 e. The van der Waals surface area contributed by atoms with Gasteiger partial charge in [-0.25, -0.2) is 4.98 Å². The van der Waals surface area contributed by atoms with Crippen LogP contribution in [0.2, 0.25) is 0 Å². The normalized spacial score (nSPS) is 32.6. The summed E-state index contributed by atoms with van der Waals surface area (Å²) in [4.78, 5) is 7.86. The van der Waals surface area contributed by atoms with Crippen LogP contribution >= 0.6 is 11.8 Å². The number of fused-ring (bicyclic) bond motifs is 2. The number of H-pyrrole nitrogens is 1. The zero-order chi connectivity index (χ0) is 11.2. The highest BCUT2D eigenvalue weighted by Gasteiger charge is 2.45. The fourth-order valence-electron chi connectivity index (χ4n) is 3.12. The molecule has 3 nitrogen and oxygen atoms in total. The third-order valence-corrected chi connectivity index (χ3v) is 5.31. The van der Waals surface area contributed by atoms with Crippen LogP contribution in [0.5, 0.6) is 0 Å². The highest BCUT2D eigenvalue weighted by molar-refractivity contribution is 7.99. The summed E-state index contributed by atoms with van der Waals surface area (Å²) in [5.41, 5.74) is 3.15. The van der Waals surface area contributed by atoms with Crippen LogP contribution in [-0.2, 0) is 12.0 Å². The Balaban J connectivity index is 2.00. The van der Waals surface area contributed by atoms with Crippen molar-refractivity contribution in [3.63, 3.8) is 0 Å². The van der Waals surface area contributed by atoms with Crippen molar-refractivity contribution in [2.45, 2.75) is 32.2 Å². The van der Waals surface area contributed by atoms with E-state index < -0.39 is 0 Å². The topological polar surface area (TPSA) is 40.7 Å².